The third kappa shape index (κ3) is 4.68. The minimum atomic E-state index is -3.66. The number of benzene rings is 2. The minimum Gasteiger partial charge on any atom is -0.371 e. The first-order chi connectivity index (χ1) is 15.3. The molecule has 32 heavy (non-hydrogen) atoms. The topological polar surface area (TPSA) is 87.5 Å². The highest BCUT2D eigenvalue weighted by molar-refractivity contribution is 7.89. The van der Waals surface area contributed by atoms with E-state index in [9.17, 15) is 13.2 Å². The van der Waals surface area contributed by atoms with Gasteiger partial charge in [0.2, 0.25) is 10.0 Å². The summed E-state index contributed by atoms with van der Waals surface area (Å²) in [4.78, 5) is 15.5. The van der Waals surface area contributed by atoms with Crippen LogP contribution >= 0.6 is 0 Å². The zero-order valence-electron chi connectivity index (χ0n) is 18.2. The summed E-state index contributed by atoms with van der Waals surface area (Å²) in [7, 11) is -0.695. The molecule has 1 aliphatic rings. The van der Waals surface area contributed by atoms with Crippen LogP contribution in [0.5, 0.6) is 0 Å². The second-order valence-corrected chi connectivity index (χ2v) is 10.2. The molecule has 168 valence electrons. The Morgan fingerprint density at radius 3 is 2.56 bits per heavy atom. The molecule has 1 amide bonds. The molecule has 1 saturated heterocycles. The second kappa shape index (κ2) is 9.13. The SMILES string of the molecule is CN(C)S(=O)(=O)c1ccc(N2CCCC2)c(C(=O)Nc2cccc(Cn3cccn3)c2)c1. The lowest BCUT2D eigenvalue weighted by atomic mass is 10.1. The number of carbonyl (C=O) groups is 1. The first-order valence-corrected chi connectivity index (χ1v) is 12.0. The number of carbonyl (C=O) groups excluding carboxylic acids is 1. The van der Waals surface area contributed by atoms with Gasteiger partial charge in [-0.2, -0.15) is 5.10 Å². The summed E-state index contributed by atoms with van der Waals surface area (Å²) in [5, 5.41) is 7.16. The predicted octanol–water partition coefficient (Wildman–Crippen LogP) is 3.03. The summed E-state index contributed by atoms with van der Waals surface area (Å²) in [5.74, 6) is -0.334. The number of aromatic nitrogens is 2. The summed E-state index contributed by atoms with van der Waals surface area (Å²) >= 11 is 0. The van der Waals surface area contributed by atoms with E-state index in [1.165, 1.54) is 20.2 Å². The molecule has 4 rings (SSSR count). The van der Waals surface area contributed by atoms with Crippen molar-refractivity contribution in [2.45, 2.75) is 24.3 Å². The lowest BCUT2D eigenvalue weighted by Crippen LogP contribution is -2.25. The van der Waals surface area contributed by atoms with Crippen LogP contribution in [-0.4, -0.2) is 55.6 Å². The molecule has 8 nitrogen and oxygen atoms in total. The summed E-state index contributed by atoms with van der Waals surface area (Å²) in [6.45, 7) is 2.28. The Hall–Kier alpha value is -3.17. The quantitative estimate of drug-likeness (QED) is 0.594. The fraction of sp³-hybridized carbons (Fsp3) is 0.304. The Morgan fingerprint density at radius 1 is 1.09 bits per heavy atom. The van der Waals surface area contributed by atoms with E-state index in [-0.39, 0.29) is 10.8 Å². The molecule has 3 aromatic rings. The van der Waals surface area contributed by atoms with E-state index in [0.29, 0.717) is 17.8 Å². The van der Waals surface area contributed by atoms with Gasteiger partial charge in [-0.3, -0.25) is 9.48 Å². The van der Waals surface area contributed by atoms with Gasteiger partial charge >= 0.3 is 0 Å². The molecule has 2 aromatic carbocycles. The average Bonchev–Trinajstić information content (AvgIpc) is 3.48. The fourth-order valence-electron chi connectivity index (χ4n) is 3.83. The van der Waals surface area contributed by atoms with Gasteiger partial charge in [-0.25, -0.2) is 12.7 Å². The number of rotatable bonds is 7. The maximum absolute atomic E-state index is 13.3. The van der Waals surface area contributed by atoms with Crippen molar-refractivity contribution < 1.29 is 13.2 Å². The van der Waals surface area contributed by atoms with E-state index in [1.54, 1.807) is 18.3 Å². The third-order valence-corrected chi connectivity index (χ3v) is 7.34. The number of hydrogen-bond donors (Lipinski definition) is 1. The summed E-state index contributed by atoms with van der Waals surface area (Å²) in [5.41, 5.74) is 2.75. The van der Waals surface area contributed by atoms with Crippen LogP contribution in [0.25, 0.3) is 0 Å². The summed E-state index contributed by atoms with van der Waals surface area (Å²) in [6, 6.07) is 14.2. The van der Waals surface area contributed by atoms with Crippen molar-refractivity contribution in [2.75, 3.05) is 37.4 Å². The van der Waals surface area contributed by atoms with Crippen molar-refractivity contribution >= 4 is 27.3 Å². The largest absolute Gasteiger partial charge is 0.371 e. The summed E-state index contributed by atoms with van der Waals surface area (Å²) in [6.07, 6.45) is 5.70. The molecule has 0 radical (unpaired) electrons. The van der Waals surface area contributed by atoms with Gasteiger partial charge in [0.1, 0.15) is 0 Å². The Kier molecular flexibility index (Phi) is 6.29. The van der Waals surface area contributed by atoms with Crippen LogP contribution in [-0.2, 0) is 16.6 Å². The monoisotopic (exact) mass is 453 g/mol. The van der Waals surface area contributed by atoms with Gasteiger partial charge in [0, 0.05) is 51.0 Å². The van der Waals surface area contributed by atoms with E-state index in [2.05, 4.69) is 15.3 Å². The van der Waals surface area contributed by atoms with Crippen LogP contribution in [0.1, 0.15) is 28.8 Å². The number of nitrogens with one attached hydrogen (secondary N) is 1. The number of amides is 1. The highest BCUT2D eigenvalue weighted by Crippen LogP contribution is 2.29. The van der Waals surface area contributed by atoms with E-state index in [0.717, 1.165) is 41.5 Å². The van der Waals surface area contributed by atoms with E-state index < -0.39 is 10.0 Å². The first-order valence-electron chi connectivity index (χ1n) is 10.5. The number of sulfonamides is 1. The normalized spacial score (nSPS) is 14.2. The molecule has 1 aliphatic heterocycles. The minimum absolute atomic E-state index is 0.100. The molecule has 0 atom stereocenters. The first kappa shape index (κ1) is 22.0. The molecule has 0 spiro atoms. The van der Waals surface area contributed by atoms with Crippen molar-refractivity contribution in [1.29, 1.82) is 0 Å². The summed E-state index contributed by atoms with van der Waals surface area (Å²) < 4.78 is 28.3. The van der Waals surface area contributed by atoms with Gasteiger partial charge in [-0.05, 0) is 54.8 Å². The number of nitrogens with zero attached hydrogens (tertiary/aromatic N) is 4. The van der Waals surface area contributed by atoms with Crippen molar-refractivity contribution in [1.82, 2.24) is 14.1 Å². The fourth-order valence-corrected chi connectivity index (χ4v) is 4.76. The lowest BCUT2D eigenvalue weighted by molar-refractivity contribution is 0.102. The van der Waals surface area contributed by atoms with Gasteiger partial charge in [0.05, 0.1) is 17.0 Å². The zero-order chi connectivity index (χ0) is 22.7. The van der Waals surface area contributed by atoms with Gasteiger partial charge < -0.3 is 10.2 Å². The van der Waals surface area contributed by atoms with Crippen molar-refractivity contribution in [3.05, 3.63) is 72.1 Å². The molecule has 0 saturated carbocycles. The van der Waals surface area contributed by atoms with Crippen molar-refractivity contribution in [2.24, 2.45) is 0 Å². The molecule has 1 N–H and O–H groups in total. The molecule has 9 heteroatoms. The van der Waals surface area contributed by atoms with E-state index >= 15 is 0 Å². The third-order valence-electron chi connectivity index (χ3n) is 5.53. The molecule has 2 heterocycles. The maximum atomic E-state index is 13.3. The molecular formula is C23H27N5O3S. The van der Waals surface area contributed by atoms with Crippen LogP contribution in [0.4, 0.5) is 11.4 Å². The van der Waals surface area contributed by atoms with Crippen LogP contribution in [0.15, 0.2) is 65.8 Å². The Morgan fingerprint density at radius 2 is 1.88 bits per heavy atom. The lowest BCUT2D eigenvalue weighted by Gasteiger charge is -2.22. The van der Waals surface area contributed by atoms with Crippen LogP contribution < -0.4 is 10.2 Å². The number of anilines is 2. The molecule has 1 aromatic heterocycles. The standard InChI is InChI=1S/C23H27N5O3S/c1-26(2)32(30,31)20-9-10-22(27-12-3-4-13-27)21(16-20)23(29)25-19-8-5-7-18(15-19)17-28-14-6-11-24-28/h5-11,14-16H,3-4,12-13,17H2,1-2H3,(H,25,29). The smallest absolute Gasteiger partial charge is 0.257 e. The van der Waals surface area contributed by atoms with Crippen LogP contribution in [0, 0.1) is 0 Å². The average molecular weight is 454 g/mol. The van der Waals surface area contributed by atoms with E-state index in [4.69, 9.17) is 0 Å². The van der Waals surface area contributed by atoms with Crippen LogP contribution in [0.3, 0.4) is 0 Å². The maximum Gasteiger partial charge on any atom is 0.257 e. The molecule has 0 unspecified atom stereocenters. The number of hydrogen-bond acceptors (Lipinski definition) is 5. The van der Waals surface area contributed by atoms with Gasteiger partial charge in [0.15, 0.2) is 0 Å². The highest BCUT2D eigenvalue weighted by atomic mass is 32.2. The molecular weight excluding hydrogens is 426 g/mol. The molecule has 0 bridgehead atoms. The zero-order valence-corrected chi connectivity index (χ0v) is 19.0. The van der Waals surface area contributed by atoms with E-state index in [1.807, 2.05) is 41.2 Å². The second-order valence-electron chi connectivity index (χ2n) is 8.02. The molecule has 1 fully saturated rings. The van der Waals surface area contributed by atoms with Gasteiger partial charge in [0.25, 0.3) is 5.91 Å². The van der Waals surface area contributed by atoms with Gasteiger partial charge in [-0.1, -0.05) is 12.1 Å². The predicted molar refractivity (Wildman–Crippen MR) is 124 cm³/mol. The molecule has 0 aliphatic carbocycles. The van der Waals surface area contributed by atoms with Gasteiger partial charge in [-0.15, -0.1) is 0 Å². The van der Waals surface area contributed by atoms with Crippen molar-refractivity contribution in [3.8, 4) is 0 Å². The highest BCUT2D eigenvalue weighted by Gasteiger charge is 2.24. The Labute approximate surface area is 188 Å². The Bertz CT molecular complexity index is 1200. The Balaban J connectivity index is 1.64. The van der Waals surface area contributed by atoms with Crippen molar-refractivity contribution in [3.63, 3.8) is 0 Å². The van der Waals surface area contributed by atoms with Crippen LogP contribution in [0.2, 0.25) is 0 Å².